The molecule has 4 rings (SSSR count). The zero-order chi connectivity index (χ0) is 20.2. The van der Waals surface area contributed by atoms with Gasteiger partial charge in [-0.3, -0.25) is 15.1 Å². The van der Waals surface area contributed by atoms with Crippen LogP contribution in [0.4, 0.5) is 11.4 Å². The summed E-state index contributed by atoms with van der Waals surface area (Å²) in [4.78, 5) is 21.4. The van der Waals surface area contributed by atoms with Crippen molar-refractivity contribution in [1.29, 1.82) is 0 Å². The third-order valence-electron chi connectivity index (χ3n) is 4.46. The standard InChI is InChI=1S/C21H17N5O3/c1-25(14-15-5-3-2-4-6-15)18-8-7-17(13-19(18)26(27)28)20-23-21(29-24-20)16-9-11-22-12-10-16/h2-13H,14H2,1H3. The van der Waals surface area contributed by atoms with Gasteiger partial charge < -0.3 is 9.42 Å². The van der Waals surface area contributed by atoms with Crippen molar-refractivity contribution in [2.45, 2.75) is 6.54 Å². The fraction of sp³-hybridized carbons (Fsp3) is 0.0952. The largest absolute Gasteiger partial charge is 0.365 e. The molecule has 0 amide bonds. The molecule has 0 atom stereocenters. The summed E-state index contributed by atoms with van der Waals surface area (Å²) < 4.78 is 5.29. The molecule has 0 radical (unpaired) electrons. The molecule has 0 unspecified atom stereocenters. The molecule has 0 aliphatic heterocycles. The zero-order valence-electron chi connectivity index (χ0n) is 15.6. The third kappa shape index (κ3) is 3.96. The smallest absolute Gasteiger partial charge is 0.293 e. The molecule has 8 heteroatoms. The Labute approximate surface area is 166 Å². The van der Waals surface area contributed by atoms with Crippen LogP contribution in [0.15, 0.2) is 77.6 Å². The van der Waals surface area contributed by atoms with Gasteiger partial charge in [0.15, 0.2) is 0 Å². The van der Waals surface area contributed by atoms with Crippen molar-refractivity contribution >= 4 is 11.4 Å². The van der Waals surface area contributed by atoms with E-state index in [9.17, 15) is 10.1 Å². The van der Waals surface area contributed by atoms with Crippen molar-refractivity contribution in [3.8, 4) is 22.8 Å². The Morgan fingerprint density at radius 3 is 2.52 bits per heavy atom. The molecule has 2 aromatic heterocycles. The van der Waals surface area contributed by atoms with Crippen molar-refractivity contribution in [1.82, 2.24) is 15.1 Å². The molecule has 2 aromatic carbocycles. The number of nitro benzene ring substituents is 1. The number of rotatable bonds is 6. The Bertz CT molecular complexity index is 1130. The lowest BCUT2D eigenvalue weighted by atomic mass is 10.1. The van der Waals surface area contributed by atoms with Gasteiger partial charge in [-0.15, -0.1) is 0 Å². The maximum atomic E-state index is 11.7. The maximum Gasteiger partial charge on any atom is 0.293 e. The second-order valence-corrected chi connectivity index (χ2v) is 6.46. The number of pyridine rings is 1. The molecule has 0 fully saturated rings. The first kappa shape index (κ1) is 18.3. The van der Waals surface area contributed by atoms with E-state index in [1.54, 1.807) is 36.7 Å². The summed E-state index contributed by atoms with van der Waals surface area (Å²) in [7, 11) is 1.82. The highest BCUT2D eigenvalue weighted by atomic mass is 16.6. The zero-order valence-corrected chi connectivity index (χ0v) is 15.6. The van der Waals surface area contributed by atoms with E-state index in [2.05, 4.69) is 15.1 Å². The minimum absolute atomic E-state index is 0.0174. The second-order valence-electron chi connectivity index (χ2n) is 6.46. The maximum absolute atomic E-state index is 11.7. The molecule has 144 valence electrons. The molecular weight excluding hydrogens is 370 g/mol. The topological polar surface area (TPSA) is 98.2 Å². The van der Waals surface area contributed by atoms with E-state index < -0.39 is 4.92 Å². The van der Waals surface area contributed by atoms with Gasteiger partial charge in [0, 0.05) is 43.2 Å². The molecule has 29 heavy (non-hydrogen) atoms. The molecule has 0 aliphatic rings. The Kier molecular flexibility index (Phi) is 4.98. The summed E-state index contributed by atoms with van der Waals surface area (Å²) in [6, 6.07) is 18.2. The number of nitro groups is 1. The molecule has 0 bridgehead atoms. The SMILES string of the molecule is CN(Cc1ccccc1)c1ccc(-c2noc(-c3ccncc3)n2)cc1[N+](=O)[O-]. The Morgan fingerprint density at radius 1 is 1.03 bits per heavy atom. The number of hydrogen-bond donors (Lipinski definition) is 0. The number of nitrogens with zero attached hydrogens (tertiary/aromatic N) is 5. The molecule has 0 aliphatic carbocycles. The first-order valence-electron chi connectivity index (χ1n) is 8.90. The van der Waals surface area contributed by atoms with Crippen LogP contribution in [0.5, 0.6) is 0 Å². The van der Waals surface area contributed by atoms with Gasteiger partial charge >= 0.3 is 0 Å². The lowest BCUT2D eigenvalue weighted by Crippen LogP contribution is -2.17. The number of benzene rings is 2. The van der Waals surface area contributed by atoms with Crippen LogP contribution >= 0.6 is 0 Å². The number of hydrogen-bond acceptors (Lipinski definition) is 7. The normalized spacial score (nSPS) is 10.7. The van der Waals surface area contributed by atoms with Crippen LogP contribution in [-0.4, -0.2) is 27.1 Å². The van der Waals surface area contributed by atoms with Crippen LogP contribution < -0.4 is 4.90 Å². The fourth-order valence-electron chi connectivity index (χ4n) is 3.03. The van der Waals surface area contributed by atoms with Crippen molar-refractivity contribution in [2.24, 2.45) is 0 Å². The van der Waals surface area contributed by atoms with Crippen LogP contribution in [-0.2, 0) is 6.54 Å². The average molecular weight is 387 g/mol. The van der Waals surface area contributed by atoms with Crippen LogP contribution in [0.25, 0.3) is 22.8 Å². The molecule has 0 N–H and O–H groups in total. The van der Waals surface area contributed by atoms with Crippen molar-refractivity contribution in [3.63, 3.8) is 0 Å². The van der Waals surface area contributed by atoms with Gasteiger partial charge in [0.05, 0.1) is 4.92 Å². The minimum atomic E-state index is -0.399. The Balaban J connectivity index is 1.64. The highest BCUT2D eigenvalue weighted by Gasteiger charge is 2.20. The van der Waals surface area contributed by atoms with E-state index >= 15 is 0 Å². The van der Waals surface area contributed by atoms with Crippen molar-refractivity contribution in [2.75, 3.05) is 11.9 Å². The van der Waals surface area contributed by atoms with Crippen LogP contribution in [0, 0.1) is 10.1 Å². The fourth-order valence-corrected chi connectivity index (χ4v) is 3.03. The molecule has 0 spiro atoms. The van der Waals surface area contributed by atoms with Crippen molar-refractivity contribution < 1.29 is 9.45 Å². The van der Waals surface area contributed by atoms with Gasteiger partial charge in [0.1, 0.15) is 5.69 Å². The molecule has 8 nitrogen and oxygen atoms in total. The minimum Gasteiger partial charge on any atom is -0.365 e. The van der Waals surface area contributed by atoms with Crippen LogP contribution in [0.2, 0.25) is 0 Å². The summed E-state index contributed by atoms with van der Waals surface area (Å²) in [5.74, 6) is 0.618. The first-order valence-corrected chi connectivity index (χ1v) is 8.90. The van der Waals surface area contributed by atoms with E-state index in [0.29, 0.717) is 23.7 Å². The van der Waals surface area contributed by atoms with Gasteiger partial charge in [-0.1, -0.05) is 35.5 Å². The monoisotopic (exact) mass is 387 g/mol. The molecule has 0 saturated carbocycles. The predicted molar refractivity (Wildman–Crippen MR) is 108 cm³/mol. The summed E-state index contributed by atoms with van der Waals surface area (Å²) in [5.41, 5.74) is 2.80. The summed E-state index contributed by atoms with van der Waals surface area (Å²) in [6.07, 6.45) is 3.25. The Hall–Kier alpha value is -4.07. The molecule has 4 aromatic rings. The van der Waals surface area contributed by atoms with E-state index in [1.807, 2.05) is 42.3 Å². The highest BCUT2D eigenvalue weighted by Crippen LogP contribution is 2.33. The van der Waals surface area contributed by atoms with E-state index in [0.717, 1.165) is 11.1 Å². The lowest BCUT2D eigenvalue weighted by molar-refractivity contribution is -0.384. The predicted octanol–water partition coefficient (Wildman–Crippen LogP) is 4.34. The lowest BCUT2D eigenvalue weighted by Gasteiger charge is -2.19. The highest BCUT2D eigenvalue weighted by molar-refractivity contribution is 5.71. The van der Waals surface area contributed by atoms with Gasteiger partial charge in [-0.25, -0.2) is 0 Å². The Morgan fingerprint density at radius 2 is 1.79 bits per heavy atom. The summed E-state index contributed by atoms with van der Waals surface area (Å²) >= 11 is 0. The van der Waals surface area contributed by atoms with E-state index in [-0.39, 0.29) is 11.5 Å². The summed E-state index contributed by atoms with van der Waals surface area (Å²) in [6.45, 7) is 0.551. The van der Waals surface area contributed by atoms with Gasteiger partial charge in [-0.2, -0.15) is 4.98 Å². The van der Waals surface area contributed by atoms with Gasteiger partial charge in [-0.05, 0) is 29.8 Å². The van der Waals surface area contributed by atoms with Gasteiger partial charge in [0.25, 0.3) is 11.6 Å². The number of aromatic nitrogens is 3. The quantitative estimate of drug-likeness (QED) is 0.358. The number of anilines is 1. The summed E-state index contributed by atoms with van der Waals surface area (Å²) in [5, 5.41) is 15.7. The molecule has 0 saturated heterocycles. The molecular formula is C21H17N5O3. The third-order valence-corrected chi connectivity index (χ3v) is 4.46. The van der Waals surface area contributed by atoms with Crippen LogP contribution in [0.1, 0.15) is 5.56 Å². The average Bonchev–Trinajstić information content (AvgIpc) is 3.25. The second kappa shape index (κ2) is 7.89. The molecule has 2 heterocycles. The van der Waals surface area contributed by atoms with E-state index in [4.69, 9.17) is 4.52 Å². The van der Waals surface area contributed by atoms with Crippen molar-refractivity contribution in [3.05, 3.63) is 88.7 Å². The van der Waals surface area contributed by atoms with Gasteiger partial charge in [0.2, 0.25) is 5.82 Å². The van der Waals surface area contributed by atoms with Crippen LogP contribution in [0.3, 0.4) is 0 Å². The van der Waals surface area contributed by atoms with E-state index in [1.165, 1.54) is 6.07 Å². The first-order chi connectivity index (χ1) is 14.1.